The topological polar surface area (TPSA) is 77.8 Å². The number of ether oxygens (including phenoxy) is 1. The summed E-state index contributed by atoms with van der Waals surface area (Å²) in [5, 5.41) is 3.51. The molecule has 4 aromatic rings. The second kappa shape index (κ2) is 9.04. The lowest BCUT2D eigenvalue weighted by Crippen LogP contribution is -2.31. The fourth-order valence-electron chi connectivity index (χ4n) is 4.98. The number of nitrogens with zero attached hydrogens (tertiary/aromatic N) is 5. The highest BCUT2D eigenvalue weighted by Gasteiger charge is 2.41. The van der Waals surface area contributed by atoms with E-state index in [1.807, 2.05) is 12.3 Å². The number of hydrogen-bond donors (Lipinski definition) is 1. The van der Waals surface area contributed by atoms with Crippen LogP contribution in [0.2, 0.25) is 0 Å². The highest BCUT2D eigenvalue weighted by Crippen LogP contribution is 2.41. The summed E-state index contributed by atoms with van der Waals surface area (Å²) >= 11 is 0. The van der Waals surface area contributed by atoms with Gasteiger partial charge >= 0.3 is 0 Å². The van der Waals surface area contributed by atoms with E-state index in [1.165, 1.54) is 24.0 Å². The molecule has 35 heavy (non-hydrogen) atoms. The summed E-state index contributed by atoms with van der Waals surface area (Å²) in [6.07, 6.45) is 9.17. The number of aryl methyl sites for hydroxylation is 1. The van der Waals surface area contributed by atoms with Crippen molar-refractivity contribution in [3.8, 4) is 17.3 Å². The van der Waals surface area contributed by atoms with E-state index in [0.717, 1.165) is 55.1 Å². The Hall–Kier alpha value is -3.32. The molecule has 1 aromatic carbocycles. The minimum atomic E-state index is -0.141. The maximum atomic E-state index is 6.27. The molecule has 0 amide bonds. The van der Waals surface area contributed by atoms with Crippen LogP contribution in [0.15, 0.2) is 48.9 Å². The Labute approximate surface area is 206 Å². The average Bonchev–Trinajstić information content (AvgIpc) is 3.49. The maximum Gasteiger partial charge on any atom is 0.245 e. The Morgan fingerprint density at radius 1 is 1.14 bits per heavy atom. The van der Waals surface area contributed by atoms with Crippen LogP contribution in [-0.4, -0.2) is 43.2 Å². The van der Waals surface area contributed by atoms with Gasteiger partial charge in [0.05, 0.1) is 6.54 Å². The monoisotopic (exact) mass is 468 g/mol. The summed E-state index contributed by atoms with van der Waals surface area (Å²) in [5.41, 5.74) is 5.89. The normalized spacial score (nSPS) is 19.1. The van der Waals surface area contributed by atoms with Crippen molar-refractivity contribution in [1.82, 2.24) is 29.8 Å². The van der Waals surface area contributed by atoms with Crippen LogP contribution in [0.25, 0.3) is 22.6 Å². The molecule has 7 heteroatoms. The highest BCUT2D eigenvalue weighted by atomic mass is 16.5. The lowest BCUT2D eigenvalue weighted by molar-refractivity contribution is 0.194. The van der Waals surface area contributed by atoms with E-state index in [2.05, 4.69) is 64.0 Å². The molecule has 1 aliphatic heterocycles. The van der Waals surface area contributed by atoms with Gasteiger partial charge in [0.15, 0.2) is 11.2 Å². The van der Waals surface area contributed by atoms with Crippen LogP contribution in [0.5, 0.6) is 5.88 Å². The molecule has 2 fully saturated rings. The van der Waals surface area contributed by atoms with E-state index < -0.39 is 0 Å². The summed E-state index contributed by atoms with van der Waals surface area (Å²) in [6.45, 7) is 7.15. The summed E-state index contributed by atoms with van der Waals surface area (Å²) < 4.78 is 8.44. The van der Waals surface area contributed by atoms with Gasteiger partial charge in [0.1, 0.15) is 17.8 Å². The van der Waals surface area contributed by atoms with Crippen molar-refractivity contribution in [3.63, 3.8) is 0 Å². The molecule has 0 unspecified atom stereocenters. The molecule has 1 atom stereocenters. The number of aromatic nitrogens is 5. The van der Waals surface area contributed by atoms with Crippen LogP contribution in [0.1, 0.15) is 49.4 Å². The third-order valence-electron chi connectivity index (χ3n) is 7.28. The first-order valence-corrected chi connectivity index (χ1v) is 12.7. The van der Waals surface area contributed by atoms with E-state index >= 15 is 0 Å². The van der Waals surface area contributed by atoms with Crippen molar-refractivity contribution in [1.29, 1.82) is 0 Å². The molecular weight excluding hydrogens is 436 g/mol. The van der Waals surface area contributed by atoms with E-state index in [-0.39, 0.29) is 5.60 Å². The Morgan fingerprint density at radius 2 is 2.00 bits per heavy atom. The summed E-state index contributed by atoms with van der Waals surface area (Å²) in [6, 6.07) is 12.7. The average molecular weight is 469 g/mol. The van der Waals surface area contributed by atoms with E-state index in [1.54, 1.807) is 6.33 Å². The fourth-order valence-corrected chi connectivity index (χ4v) is 4.98. The van der Waals surface area contributed by atoms with Crippen molar-refractivity contribution in [2.24, 2.45) is 5.92 Å². The number of nitrogens with one attached hydrogen (secondary N) is 1. The number of imidazole rings is 1. The predicted octanol–water partition coefficient (Wildman–Crippen LogP) is 4.72. The van der Waals surface area contributed by atoms with Gasteiger partial charge in [-0.2, -0.15) is 4.98 Å². The van der Waals surface area contributed by atoms with E-state index in [0.29, 0.717) is 23.9 Å². The number of fused-ring (bicyclic) bond motifs is 1. The fraction of sp³-hybridized carbons (Fsp3) is 0.429. The lowest BCUT2D eigenvalue weighted by atomic mass is 9.94. The zero-order valence-corrected chi connectivity index (χ0v) is 20.5. The lowest BCUT2D eigenvalue weighted by Gasteiger charge is -2.22. The van der Waals surface area contributed by atoms with Crippen molar-refractivity contribution in [2.45, 2.75) is 58.1 Å². The second-order valence-corrected chi connectivity index (χ2v) is 10.3. The van der Waals surface area contributed by atoms with Crippen LogP contribution in [0, 0.1) is 12.8 Å². The largest absolute Gasteiger partial charge is 0.470 e. The molecule has 1 saturated heterocycles. The van der Waals surface area contributed by atoms with Crippen LogP contribution in [0.4, 0.5) is 0 Å². The second-order valence-electron chi connectivity index (χ2n) is 10.3. The molecule has 7 nitrogen and oxygen atoms in total. The Balaban J connectivity index is 1.41. The van der Waals surface area contributed by atoms with E-state index in [4.69, 9.17) is 14.7 Å². The highest BCUT2D eigenvalue weighted by molar-refractivity contribution is 5.82. The Morgan fingerprint density at radius 3 is 2.74 bits per heavy atom. The molecule has 0 bridgehead atoms. The van der Waals surface area contributed by atoms with Gasteiger partial charge in [-0.3, -0.25) is 4.98 Å². The standard InChI is InChI=1S/C28H32N6O/c1-19-13-22(14-21-9-6-12-29-15-21)30-16-23(19)25-33-24-26(34(25)17-20-7-4-3-5-8-20)31-18-32-27(24)35-28(2)10-11-28/h3-5,7-8,13,16,18,21,29H,6,9-12,14-15,17H2,1-2H3/t21-/m1/s1. The van der Waals surface area contributed by atoms with Crippen LogP contribution in [0.3, 0.4) is 0 Å². The molecule has 3 aromatic heterocycles. The van der Waals surface area contributed by atoms with Crippen LogP contribution in [-0.2, 0) is 13.0 Å². The van der Waals surface area contributed by atoms with Crippen LogP contribution < -0.4 is 10.1 Å². The van der Waals surface area contributed by atoms with Gasteiger partial charge in [0, 0.05) is 17.5 Å². The van der Waals surface area contributed by atoms with Gasteiger partial charge in [0.2, 0.25) is 5.88 Å². The summed E-state index contributed by atoms with van der Waals surface area (Å²) in [7, 11) is 0. The van der Waals surface area contributed by atoms with Gasteiger partial charge in [-0.05, 0) is 82.2 Å². The smallest absolute Gasteiger partial charge is 0.245 e. The summed E-state index contributed by atoms with van der Waals surface area (Å²) in [4.78, 5) is 19.0. The van der Waals surface area contributed by atoms with Gasteiger partial charge in [0.25, 0.3) is 0 Å². The first-order chi connectivity index (χ1) is 17.1. The van der Waals surface area contributed by atoms with Gasteiger partial charge in [-0.15, -0.1) is 0 Å². The van der Waals surface area contributed by atoms with Crippen molar-refractivity contribution >= 4 is 11.2 Å². The number of hydrogen-bond acceptors (Lipinski definition) is 6. The van der Waals surface area contributed by atoms with Gasteiger partial charge in [-0.25, -0.2) is 9.97 Å². The molecule has 4 heterocycles. The molecule has 6 rings (SSSR count). The zero-order chi connectivity index (χ0) is 23.8. The van der Waals surface area contributed by atoms with E-state index in [9.17, 15) is 0 Å². The maximum absolute atomic E-state index is 6.27. The van der Waals surface area contributed by atoms with Gasteiger partial charge in [-0.1, -0.05) is 30.3 Å². The third-order valence-corrected chi connectivity index (χ3v) is 7.28. The molecule has 1 aliphatic carbocycles. The molecule has 180 valence electrons. The molecule has 1 N–H and O–H groups in total. The molecule has 0 spiro atoms. The SMILES string of the molecule is Cc1cc(C[C@H]2CCCNC2)ncc1-c1nc2c(OC3(C)CC3)ncnc2n1Cc1ccccc1. The Kier molecular flexibility index (Phi) is 5.72. The predicted molar refractivity (Wildman–Crippen MR) is 136 cm³/mol. The van der Waals surface area contributed by atoms with Crippen molar-refractivity contribution in [3.05, 3.63) is 65.7 Å². The van der Waals surface area contributed by atoms with Crippen molar-refractivity contribution in [2.75, 3.05) is 13.1 Å². The first-order valence-electron chi connectivity index (χ1n) is 12.7. The van der Waals surface area contributed by atoms with Gasteiger partial charge < -0.3 is 14.6 Å². The first kappa shape index (κ1) is 22.2. The molecule has 1 saturated carbocycles. The molecule has 0 radical (unpaired) electrons. The molecular formula is C28H32N6O. The minimum Gasteiger partial charge on any atom is -0.470 e. The third kappa shape index (κ3) is 4.65. The number of piperidine rings is 1. The summed E-state index contributed by atoms with van der Waals surface area (Å²) in [5.74, 6) is 2.07. The number of benzene rings is 1. The zero-order valence-electron chi connectivity index (χ0n) is 20.5. The molecule has 2 aliphatic rings. The van der Waals surface area contributed by atoms with Crippen molar-refractivity contribution < 1.29 is 4.74 Å². The van der Waals surface area contributed by atoms with Crippen LogP contribution >= 0.6 is 0 Å². The number of rotatable bonds is 7. The minimum absolute atomic E-state index is 0.141. The Bertz CT molecular complexity index is 1340. The number of pyridine rings is 1. The quantitative estimate of drug-likeness (QED) is 0.423.